The fourth-order valence-electron chi connectivity index (χ4n) is 4.43. The lowest BCUT2D eigenvalue weighted by Crippen LogP contribution is -2.45. The largest absolute Gasteiger partial charge is 0.391 e. The summed E-state index contributed by atoms with van der Waals surface area (Å²) in [5, 5.41) is 17.6. The Bertz CT molecular complexity index is 1270. The molecule has 0 aliphatic heterocycles. The first-order valence-electron chi connectivity index (χ1n) is 11.2. The van der Waals surface area contributed by atoms with Crippen molar-refractivity contribution in [2.45, 2.75) is 44.2 Å². The molecule has 3 aromatic heterocycles. The lowest BCUT2D eigenvalue weighted by atomic mass is 9.92. The van der Waals surface area contributed by atoms with Gasteiger partial charge in [0.2, 0.25) is 0 Å². The summed E-state index contributed by atoms with van der Waals surface area (Å²) in [6, 6.07) is 16.5. The number of carbonyl (C=O) groups is 1. The van der Waals surface area contributed by atoms with Crippen molar-refractivity contribution in [1.29, 1.82) is 0 Å². The highest BCUT2D eigenvalue weighted by molar-refractivity contribution is 5.93. The normalized spacial score (nSPS) is 18.4. The Morgan fingerprint density at radius 1 is 1.12 bits per heavy atom. The molecule has 3 heterocycles. The molecule has 7 heteroatoms. The van der Waals surface area contributed by atoms with Crippen molar-refractivity contribution in [3.05, 3.63) is 89.6 Å². The molecule has 1 fully saturated rings. The molecule has 0 unspecified atom stereocenters. The van der Waals surface area contributed by atoms with E-state index in [1.165, 1.54) is 12.3 Å². The van der Waals surface area contributed by atoms with E-state index in [1.807, 2.05) is 48.7 Å². The van der Waals surface area contributed by atoms with Crippen molar-refractivity contribution in [1.82, 2.24) is 19.9 Å². The van der Waals surface area contributed by atoms with Gasteiger partial charge in [0.25, 0.3) is 5.91 Å². The van der Waals surface area contributed by atoms with Gasteiger partial charge in [-0.1, -0.05) is 37.1 Å². The van der Waals surface area contributed by atoms with E-state index in [2.05, 4.69) is 15.4 Å². The van der Waals surface area contributed by atoms with Gasteiger partial charge in [-0.15, -0.1) is 0 Å². The van der Waals surface area contributed by atoms with Crippen molar-refractivity contribution >= 4 is 11.4 Å². The number of nitrogens with one attached hydrogen (secondary N) is 1. The molecule has 5 rings (SSSR count). The predicted octanol–water partition coefficient (Wildman–Crippen LogP) is 4.16. The van der Waals surface area contributed by atoms with Gasteiger partial charge in [0.1, 0.15) is 11.5 Å². The summed E-state index contributed by atoms with van der Waals surface area (Å²) in [7, 11) is 0. The average molecular weight is 445 g/mol. The van der Waals surface area contributed by atoms with E-state index in [0.29, 0.717) is 24.2 Å². The molecule has 1 aliphatic rings. The maximum absolute atomic E-state index is 13.1. The van der Waals surface area contributed by atoms with Crippen molar-refractivity contribution < 1.29 is 14.3 Å². The zero-order chi connectivity index (χ0) is 22.8. The molecule has 4 aromatic rings. The average Bonchev–Trinajstić information content (AvgIpc) is 3.31. The monoisotopic (exact) mass is 444 g/mol. The fraction of sp³-hybridized carbons (Fsp3) is 0.269. The number of fused-ring (bicyclic) bond motifs is 1. The van der Waals surface area contributed by atoms with Crippen molar-refractivity contribution in [3.8, 4) is 11.3 Å². The Labute approximate surface area is 191 Å². The number of hydrogen-bond donors (Lipinski definition) is 2. The predicted molar refractivity (Wildman–Crippen MR) is 123 cm³/mol. The van der Waals surface area contributed by atoms with Crippen LogP contribution in [0, 0.1) is 5.82 Å². The SMILES string of the molecule is O=C(N[C@H]1CCCC[C@@H]1O)c1cc(Cc2ccc(-c3ccc(F)cn3)cc2)c2cccn2n1. The minimum atomic E-state index is -0.508. The number of hydrogen-bond acceptors (Lipinski definition) is 4. The third kappa shape index (κ3) is 4.64. The van der Waals surface area contributed by atoms with E-state index in [1.54, 1.807) is 10.6 Å². The first-order valence-corrected chi connectivity index (χ1v) is 11.2. The number of halogens is 1. The van der Waals surface area contributed by atoms with Crippen LogP contribution in [-0.2, 0) is 6.42 Å². The summed E-state index contributed by atoms with van der Waals surface area (Å²) in [5.41, 5.74) is 4.95. The standard InChI is InChI=1S/C26H25FN4O2/c27-20-11-12-21(28-16-20)18-9-7-17(8-10-18)14-19-15-23(30-31-13-3-5-24(19)31)26(33)29-22-4-1-2-6-25(22)32/h3,5,7-13,15-16,22,25,32H,1-2,4,6,14H2,(H,29,33)/t22-,25-/m0/s1. The van der Waals surface area contributed by atoms with Gasteiger partial charge in [0, 0.05) is 11.8 Å². The summed E-state index contributed by atoms with van der Waals surface area (Å²) in [6.07, 6.45) is 6.63. The molecule has 1 amide bonds. The molecule has 1 saturated carbocycles. The third-order valence-corrected chi connectivity index (χ3v) is 6.23. The minimum absolute atomic E-state index is 0.232. The smallest absolute Gasteiger partial charge is 0.272 e. The van der Waals surface area contributed by atoms with E-state index >= 15 is 0 Å². The number of pyridine rings is 1. The van der Waals surface area contributed by atoms with Crippen LogP contribution in [0.2, 0.25) is 0 Å². The van der Waals surface area contributed by atoms with Crippen LogP contribution in [-0.4, -0.2) is 37.8 Å². The topological polar surface area (TPSA) is 79.5 Å². The lowest BCUT2D eigenvalue weighted by Gasteiger charge is -2.28. The molecule has 0 saturated heterocycles. The van der Waals surface area contributed by atoms with Crippen molar-refractivity contribution in [2.75, 3.05) is 0 Å². The van der Waals surface area contributed by atoms with Gasteiger partial charge < -0.3 is 10.4 Å². The van der Waals surface area contributed by atoms with Crippen LogP contribution in [0.4, 0.5) is 4.39 Å². The highest BCUT2D eigenvalue weighted by Crippen LogP contribution is 2.22. The maximum atomic E-state index is 13.1. The second-order valence-electron chi connectivity index (χ2n) is 8.56. The second kappa shape index (κ2) is 9.11. The van der Waals surface area contributed by atoms with E-state index in [9.17, 15) is 14.3 Å². The molecule has 2 N–H and O–H groups in total. The molecule has 0 spiro atoms. The van der Waals surface area contributed by atoms with Gasteiger partial charge in [-0.3, -0.25) is 9.78 Å². The van der Waals surface area contributed by atoms with Crippen LogP contribution in [0.25, 0.3) is 16.8 Å². The van der Waals surface area contributed by atoms with E-state index in [-0.39, 0.29) is 17.8 Å². The van der Waals surface area contributed by atoms with Crippen molar-refractivity contribution in [3.63, 3.8) is 0 Å². The van der Waals surface area contributed by atoms with Gasteiger partial charge >= 0.3 is 0 Å². The Morgan fingerprint density at radius 3 is 2.70 bits per heavy atom. The summed E-state index contributed by atoms with van der Waals surface area (Å²) in [6.45, 7) is 0. The molecular formula is C26H25FN4O2. The summed E-state index contributed by atoms with van der Waals surface area (Å²) < 4.78 is 14.9. The van der Waals surface area contributed by atoms with Gasteiger partial charge in [-0.05, 0) is 60.7 Å². The molecule has 6 nitrogen and oxygen atoms in total. The first kappa shape index (κ1) is 21.3. The molecular weight excluding hydrogens is 419 g/mol. The van der Waals surface area contributed by atoms with Crippen LogP contribution in [0.3, 0.4) is 0 Å². The van der Waals surface area contributed by atoms with Gasteiger partial charge in [-0.25, -0.2) is 8.91 Å². The number of nitrogens with zero attached hydrogens (tertiary/aromatic N) is 3. The van der Waals surface area contributed by atoms with Crippen LogP contribution in [0.1, 0.15) is 47.3 Å². The minimum Gasteiger partial charge on any atom is -0.391 e. The Balaban J connectivity index is 1.38. The maximum Gasteiger partial charge on any atom is 0.272 e. The van der Waals surface area contributed by atoms with E-state index in [0.717, 1.165) is 41.5 Å². The Hall–Kier alpha value is -3.58. The van der Waals surface area contributed by atoms with Gasteiger partial charge in [-0.2, -0.15) is 5.10 Å². The number of benzene rings is 1. The number of rotatable bonds is 5. The Morgan fingerprint density at radius 2 is 1.94 bits per heavy atom. The lowest BCUT2D eigenvalue weighted by molar-refractivity contribution is 0.0713. The third-order valence-electron chi connectivity index (χ3n) is 6.23. The van der Waals surface area contributed by atoms with E-state index in [4.69, 9.17) is 0 Å². The van der Waals surface area contributed by atoms with Crippen LogP contribution in [0.15, 0.2) is 67.0 Å². The molecule has 168 valence electrons. The molecule has 0 radical (unpaired) electrons. The van der Waals surface area contributed by atoms with E-state index < -0.39 is 6.10 Å². The summed E-state index contributed by atoms with van der Waals surface area (Å²) >= 11 is 0. The number of aliphatic hydroxyl groups is 1. The number of amides is 1. The van der Waals surface area contributed by atoms with Crippen molar-refractivity contribution in [2.24, 2.45) is 0 Å². The Kier molecular flexibility index (Phi) is 5.88. The fourth-order valence-corrected chi connectivity index (χ4v) is 4.43. The molecule has 0 bridgehead atoms. The summed E-state index contributed by atoms with van der Waals surface area (Å²) in [5.74, 6) is -0.627. The summed E-state index contributed by atoms with van der Waals surface area (Å²) in [4.78, 5) is 17.1. The number of aromatic nitrogens is 3. The highest BCUT2D eigenvalue weighted by atomic mass is 19.1. The molecule has 33 heavy (non-hydrogen) atoms. The van der Waals surface area contributed by atoms with Crippen LogP contribution >= 0.6 is 0 Å². The number of carbonyl (C=O) groups excluding carboxylic acids is 1. The molecule has 1 aromatic carbocycles. The second-order valence-corrected chi connectivity index (χ2v) is 8.56. The van der Waals surface area contributed by atoms with Crippen LogP contribution in [0.5, 0.6) is 0 Å². The zero-order valence-electron chi connectivity index (χ0n) is 18.1. The van der Waals surface area contributed by atoms with Crippen LogP contribution < -0.4 is 5.32 Å². The quantitative estimate of drug-likeness (QED) is 0.485. The number of aliphatic hydroxyl groups excluding tert-OH is 1. The molecule has 2 atom stereocenters. The first-order chi connectivity index (χ1) is 16.1. The van der Waals surface area contributed by atoms with Gasteiger partial charge in [0.05, 0.1) is 29.6 Å². The highest BCUT2D eigenvalue weighted by Gasteiger charge is 2.25. The zero-order valence-corrected chi connectivity index (χ0v) is 18.1. The van der Waals surface area contributed by atoms with Gasteiger partial charge in [0.15, 0.2) is 0 Å². The molecule has 1 aliphatic carbocycles.